The van der Waals surface area contributed by atoms with E-state index in [1.807, 2.05) is 48.8 Å². The Morgan fingerprint density at radius 3 is 1.27 bits per heavy atom. The van der Waals surface area contributed by atoms with Gasteiger partial charge in [0, 0.05) is 123 Å². The van der Waals surface area contributed by atoms with Crippen LogP contribution in [0.4, 0.5) is 0 Å². The average molecular weight is 1020 g/mol. The Bertz CT molecular complexity index is 2270. The predicted molar refractivity (Wildman–Crippen MR) is 317 cm³/mol. The molecule has 11 nitrogen and oxygen atoms in total. The third kappa shape index (κ3) is 27.6. The molecule has 0 radical (unpaired) electrons. The topological polar surface area (TPSA) is 135 Å². The number of amidine groups is 2. The maximum atomic E-state index is 5.11. The van der Waals surface area contributed by atoms with E-state index >= 15 is 0 Å². The Labute approximate surface area is 451 Å². The molecular formula is C63H102N10O. The number of aryl methyl sites for hydroxylation is 2. The second-order valence-corrected chi connectivity index (χ2v) is 25.9. The number of ether oxygens (including phenoxy) is 1. The first-order valence-corrected chi connectivity index (χ1v) is 26.7. The van der Waals surface area contributed by atoms with Gasteiger partial charge in [0.05, 0.1) is 13.7 Å². The summed E-state index contributed by atoms with van der Waals surface area (Å²) in [6.45, 7) is 53.6. The predicted octanol–water partition coefficient (Wildman–Crippen LogP) is 14.6. The molecule has 0 fully saturated rings. The van der Waals surface area contributed by atoms with E-state index < -0.39 is 0 Å². The number of hydrogen-bond donors (Lipinski definition) is 2. The minimum atomic E-state index is 0.0707. The number of aliphatic imine (C=N–C) groups is 2. The van der Waals surface area contributed by atoms with Gasteiger partial charge in [0.25, 0.3) is 0 Å². The lowest BCUT2D eigenvalue weighted by molar-refractivity contribution is 0.411. The van der Waals surface area contributed by atoms with Gasteiger partial charge in [-0.1, -0.05) is 164 Å². The van der Waals surface area contributed by atoms with Crippen molar-refractivity contribution < 1.29 is 4.74 Å². The largest absolute Gasteiger partial charge is 0.497 e. The summed E-state index contributed by atoms with van der Waals surface area (Å²) in [6, 6.07) is 22.1. The lowest BCUT2D eigenvalue weighted by Gasteiger charge is -2.25. The highest BCUT2D eigenvalue weighted by atomic mass is 16.5. The van der Waals surface area contributed by atoms with E-state index in [1.165, 1.54) is 29.2 Å². The average Bonchev–Trinajstić information content (AvgIpc) is 3.89. The number of aromatic nitrogens is 6. The van der Waals surface area contributed by atoms with E-state index in [0.29, 0.717) is 0 Å². The third-order valence-electron chi connectivity index (χ3n) is 11.0. The fourth-order valence-electron chi connectivity index (χ4n) is 6.42. The van der Waals surface area contributed by atoms with E-state index in [-0.39, 0.29) is 37.9 Å². The summed E-state index contributed by atoms with van der Waals surface area (Å²) in [5.74, 6) is 4.09. The Morgan fingerprint density at radius 2 is 0.919 bits per heavy atom. The van der Waals surface area contributed by atoms with Gasteiger partial charge in [-0.05, 0) is 73.9 Å². The number of nitrogens with one attached hydrogen (secondary N) is 2. The molecule has 0 atom stereocenters. The zero-order valence-corrected chi connectivity index (χ0v) is 51.0. The highest BCUT2D eigenvalue weighted by molar-refractivity contribution is 5.88. The van der Waals surface area contributed by atoms with Crippen LogP contribution in [0, 0.1) is 17.8 Å². The minimum Gasteiger partial charge on any atom is -0.497 e. The van der Waals surface area contributed by atoms with Crippen molar-refractivity contribution in [2.45, 2.75) is 199 Å². The van der Waals surface area contributed by atoms with Gasteiger partial charge < -0.3 is 15.4 Å². The van der Waals surface area contributed by atoms with Crippen LogP contribution >= 0.6 is 0 Å². The molecule has 0 unspecified atom stereocenters. The molecule has 410 valence electrons. The van der Waals surface area contributed by atoms with Crippen LogP contribution in [0.5, 0.6) is 5.75 Å². The standard InChI is InChI=1S/C11H17N.C10H15NO.C10H15N.C9H13N.C8H16N2.C8H12N2.C7H14N2/c1-5-9-7-6-8-10(12-9)11(2,3)4;1-10(2,3)9-7-8(12-4)5-6-11-9;1-8-5-6-11-9(7-8)10(2,3)4;1-9(2,3)8-6-4-5-7-10-8;2*1-8(2,3)7-9-5-4-6-10-7;1-7(2,3)6-8-4-5-9-6/h6-8H,5H2,1-4H3;5-7H,1-4H3;5-7H,1-4H3;4-7H,1-3H3;4-6H2,1-3H3,(H,9,10);4-6H,1-3H3;4-5H2,1-3H3,(H,8,9). The number of methoxy groups -OCH3 is 1. The molecule has 11 heteroatoms. The molecule has 0 saturated heterocycles. The fourth-order valence-corrected chi connectivity index (χ4v) is 6.42. The number of hydrogen-bond acceptors (Lipinski definition) is 11. The molecule has 5 aromatic heterocycles. The molecule has 0 amide bonds. The van der Waals surface area contributed by atoms with Crippen LogP contribution < -0.4 is 15.4 Å². The fraction of sp³-hybridized carbons (Fsp3) is 0.587. The molecule has 0 saturated carbocycles. The van der Waals surface area contributed by atoms with Gasteiger partial charge in [-0.2, -0.15) is 0 Å². The van der Waals surface area contributed by atoms with Gasteiger partial charge >= 0.3 is 0 Å². The zero-order chi connectivity index (χ0) is 56.6. The van der Waals surface area contributed by atoms with Gasteiger partial charge in [-0.3, -0.25) is 29.9 Å². The minimum absolute atomic E-state index is 0.0707. The van der Waals surface area contributed by atoms with Gasteiger partial charge in [-0.15, -0.1) is 0 Å². The zero-order valence-electron chi connectivity index (χ0n) is 51.0. The molecule has 74 heavy (non-hydrogen) atoms. The van der Waals surface area contributed by atoms with Gasteiger partial charge in [0.2, 0.25) is 0 Å². The summed E-state index contributed by atoms with van der Waals surface area (Å²) in [4.78, 5) is 34.4. The van der Waals surface area contributed by atoms with E-state index in [9.17, 15) is 0 Å². The highest BCUT2D eigenvalue weighted by Crippen LogP contribution is 2.24. The first kappa shape index (κ1) is 66.4. The van der Waals surface area contributed by atoms with E-state index in [1.54, 1.807) is 25.7 Å². The summed E-state index contributed by atoms with van der Waals surface area (Å²) in [5.41, 5.74) is 8.13. The number of rotatable bonds is 2. The summed E-state index contributed by atoms with van der Waals surface area (Å²) in [5, 5.41) is 6.56. The number of pyridine rings is 4. The molecule has 0 spiro atoms. The quantitative estimate of drug-likeness (QED) is 0.177. The SMILES string of the molecule is CC(C)(C)C1=NCCCN1.CC(C)(C)C1=NCCN1.CC(C)(C)c1ccccn1.CC(C)(C)c1ncccn1.CCc1cccc(C(C)(C)C)n1.COc1ccnc(C(C)(C)C)c1.Cc1ccnc(C(C)(C)C)c1. The van der Waals surface area contributed by atoms with Crippen molar-refractivity contribution in [1.29, 1.82) is 0 Å². The second kappa shape index (κ2) is 30.1. The molecule has 2 aliphatic heterocycles. The van der Waals surface area contributed by atoms with Gasteiger partial charge in [0.1, 0.15) is 23.2 Å². The van der Waals surface area contributed by atoms with Gasteiger partial charge in [0.15, 0.2) is 0 Å². The lowest BCUT2D eigenvalue weighted by atomic mass is 9.91. The number of nitrogens with zero attached hydrogens (tertiary/aromatic N) is 8. The molecule has 5 aromatic rings. The molecule has 7 rings (SSSR count). The maximum absolute atomic E-state index is 5.11. The lowest BCUT2D eigenvalue weighted by Crippen LogP contribution is -2.38. The second-order valence-electron chi connectivity index (χ2n) is 25.9. The molecule has 0 aliphatic carbocycles. The summed E-state index contributed by atoms with van der Waals surface area (Å²) in [6.07, 6.45) is 11.2. The van der Waals surface area contributed by atoms with Crippen LogP contribution in [0.25, 0.3) is 0 Å². The monoisotopic (exact) mass is 1010 g/mol. The van der Waals surface area contributed by atoms with Crippen LogP contribution in [0.15, 0.2) is 108 Å². The van der Waals surface area contributed by atoms with Crippen molar-refractivity contribution in [2.75, 3.05) is 33.3 Å². The van der Waals surface area contributed by atoms with E-state index in [4.69, 9.17) is 4.74 Å². The molecule has 2 aliphatic rings. The first-order valence-electron chi connectivity index (χ1n) is 26.7. The molecule has 2 N–H and O–H groups in total. The van der Waals surface area contributed by atoms with E-state index in [2.05, 4.69) is 240 Å². The van der Waals surface area contributed by atoms with Crippen molar-refractivity contribution in [1.82, 2.24) is 40.5 Å². The Morgan fingerprint density at radius 1 is 0.446 bits per heavy atom. The van der Waals surface area contributed by atoms with E-state index in [0.717, 1.165) is 67.1 Å². The van der Waals surface area contributed by atoms with Crippen LogP contribution in [0.1, 0.15) is 199 Å². The summed E-state index contributed by atoms with van der Waals surface area (Å²) < 4.78 is 5.11. The Balaban J connectivity index is 0.000000432. The van der Waals surface area contributed by atoms with Gasteiger partial charge in [-0.25, -0.2) is 9.97 Å². The van der Waals surface area contributed by atoms with Crippen molar-refractivity contribution in [3.63, 3.8) is 0 Å². The van der Waals surface area contributed by atoms with Crippen molar-refractivity contribution in [3.05, 3.63) is 138 Å². The van der Waals surface area contributed by atoms with Crippen LogP contribution in [0.2, 0.25) is 0 Å². The molecule has 0 aromatic carbocycles. The molecule has 7 heterocycles. The van der Waals surface area contributed by atoms with Crippen molar-refractivity contribution >= 4 is 11.7 Å². The van der Waals surface area contributed by atoms with Crippen LogP contribution in [0.3, 0.4) is 0 Å². The molecular weight excluding hydrogens is 913 g/mol. The van der Waals surface area contributed by atoms with Crippen LogP contribution in [-0.2, 0) is 33.5 Å². The summed E-state index contributed by atoms with van der Waals surface area (Å²) in [7, 11) is 1.67. The van der Waals surface area contributed by atoms with Crippen molar-refractivity contribution in [3.8, 4) is 5.75 Å². The smallest absolute Gasteiger partial charge is 0.133 e. The highest BCUT2D eigenvalue weighted by Gasteiger charge is 2.22. The summed E-state index contributed by atoms with van der Waals surface area (Å²) >= 11 is 0. The maximum Gasteiger partial charge on any atom is 0.133 e. The Kier molecular flexibility index (Phi) is 27.0. The molecule has 0 bridgehead atoms. The Hall–Kier alpha value is -5.58. The third-order valence-corrected chi connectivity index (χ3v) is 11.0. The normalized spacial score (nSPS) is 13.6. The first-order chi connectivity index (χ1) is 34.0. The van der Waals surface area contributed by atoms with Crippen molar-refractivity contribution in [2.24, 2.45) is 20.8 Å². The van der Waals surface area contributed by atoms with Crippen LogP contribution in [-0.4, -0.2) is 74.9 Å².